The van der Waals surface area contributed by atoms with Gasteiger partial charge in [-0.15, -0.1) is 0 Å². The summed E-state index contributed by atoms with van der Waals surface area (Å²) in [6, 6.07) is 5.77. The molecule has 1 unspecified atom stereocenters. The van der Waals surface area contributed by atoms with Gasteiger partial charge >= 0.3 is 5.97 Å². The second-order valence-electron chi connectivity index (χ2n) is 4.96. The lowest BCUT2D eigenvalue weighted by atomic mass is 9.91. The summed E-state index contributed by atoms with van der Waals surface area (Å²) in [4.78, 5) is 12.0. The van der Waals surface area contributed by atoms with E-state index in [4.69, 9.17) is 19.9 Å². The van der Waals surface area contributed by atoms with E-state index in [0.29, 0.717) is 26.0 Å². The van der Waals surface area contributed by atoms with Gasteiger partial charge in [-0.1, -0.05) is 12.1 Å². The van der Waals surface area contributed by atoms with Crippen LogP contribution < -0.4 is 10.5 Å². The predicted molar refractivity (Wildman–Crippen MR) is 74.5 cm³/mol. The minimum Gasteiger partial charge on any atom is -0.496 e. The number of benzene rings is 1. The third-order valence-corrected chi connectivity index (χ3v) is 3.72. The fourth-order valence-corrected chi connectivity index (χ4v) is 2.69. The van der Waals surface area contributed by atoms with E-state index >= 15 is 0 Å². The topological polar surface area (TPSA) is 70.8 Å². The Bertz CT molecular complexity index is 481. The molecule has 0 radical (unpaired) electrons. The largest absolute Gasteiger partial charge is 0.496 e. The molecule has 1 aliphatic heterocycles. The minimum absolute atomic E-state index is 0.305. The maximum atomic E-state index is 12.0. The van der Waals surface area contributed by atoms with Crippen LogP contribution in [0.1, 0.15) is 24.0 Å². The average Bonchev–Trinajstić information content (AvgIpc) is 2.95. The van der Waals surface area contributed by atoms with Gasteiger partial charge in [-0.3, -0.25) is 0 Å². The Balaban J connectivity index is 2.25. The monoisotopic (exact) mass is 279 g/mol. The molecule has 0 aromatic heterocycles. The Morgan fingerprint density at radius 3 is 2.80 bits per heavy atom. The third-order valence-electron chi connectivity index (χ3n) is 3.72. The Hall–Kier alpha value is -1.59. The smallest absolute Gasteiger partial charge is 0.338 e. The number of esters is 1. The molecule has 1 fully saturated rings. The van der Waals surface area contributed by atoms with Crippen molar-refractivity contribution in [3.05, 3.63) is 29.3 Å². The molecule has 1 aromatic carbocycles. The first kappa shape index (κ1) is 14.8. The van der Waals surface area contributed by atoms with Crippen molar-refractivity contribution in [3.8, 4) is 5.75 Å². The zero-order valence-electron chi connectivity index (χ0n) is 12.0. The molecule has 20 heavy (non-hydrogen) atoms. The number of ether oxygens (including phenoxy) is 3. The average molecular weight is 279 g/mol. The molecule has 0 saturated carbocycles. The van der Waals surface area contributed by atoms with E-state index in [1.807, 2.05) is 18.2 Å². The maximum Gasteiger partial charge on any atom is 0.338 e. The van der Waals surface area contributed by atoms with Crippen molar-refractivity contribution >= 4 is 5.97 Å². The van der Waals surface area contributed by atoms with Crippen LogP contribution in [0.3, 0.4) is 0 Å². The Kier molecular flexibility index (Phi) is 4.62. The molecule has 1 saturated heterocycles. The molecule has 110 valence electrons. The molecule has 1 atom stereocenters. The van der Waals surface area contributed by atoms with Gasteiger partial charge in [0.05, 0.1) is 14.2 Å². The summed E-state index contributed by atoms with van der Waals surface area (Å²) in [6.45, 7) is 0.984. The van der Waals surface area contributed by atoms with Crippen LogP contribution in [0, 0.1) is 0 Å². The summed E-state index contributed by atoms with van der Waals surface area (Å²) in [6.07, 6.45) is 2.05. The molecule has 0 bridgehead atoms. The van der Waals surface area contributed by atoms with Gasteiger partial charge in [0.25, 0.3) is 0 Å². The standard InChI is InChI=1S/C15H21NO4/c1-18-13-5-4-11(8-12(13)10-16)9-15(14(17)19-2)6-3-7-20-15/h4-5,8H,3,6-7,9-10,16H2,1-2H3. The van der Waals surface area contributed by atoms with E-state index in [-0.39, 0.29) is 5.97 Å². The fraction of sp³-hybridized carbons (Fsp3) is 0.533. The van der Waals surface area contributed by atoms with E-state index in [2.05, 4.69) is 0 Å². The van der Waals surface area contributed by atoms with Crippen molar-refractivity contribution in [2.24, 2.45) is 5.73 Å². The highest BCUT2D eigenvalue weighted by atomic mass is 16.6. The van der Waals surface area contributed by atoms with Crippen molar-refractivity contribution in [2.75, 3.05) is 20.8 Å². The van der Waals surface area contributed by atoms with Gasteiger partial charge in [0.15, 0.2) is 5.60 Å². The van der Waals surface area contributed by atoms with Crippen molar-refractivity contribution in [1.82, 2.24) is 0 Å². The SMILES string of the molecule is COC(=O)C1(Cc2ccc(OC)c(CN)c2)CCCO1. The van der Waals surface area contributed by atoms with E-state index in [1.165, 1.54) is 7.11 Å². The van der Waals surface area contributed by atoms with E-state index in [0.717, 1.165) is 23.3 Å². The highest BCUT2D eigenvalue weighted by Gasteiger charge is 2.43. The molecule has 5 nitrogen and oxygen atoms in total. The number of rotatable bonds is 5. The van der Waals surface area contributed by atoms with Crippen LogP contribution in [0.2, 0.25) is 0 Å². The number of methoxy groups -OCH3 is 2. The highest BCUT2D eigenvalue weighted by Crippen LogP contribution is 2.32. The van der Waals surface area contributed by atoms with Crippen molar-refractivity contribution in [3.63, 3.8) is 0 Å². The number of hydrogen-bond acceptors (Lipinski definition) is 5. The molecule has 0 spiro atoms. The summed E-state index contributed by atoms with van der Waals surface area (Å²) in [5, 5.41) is 0. The molecule has 0 aliphatic carbocycles. The normalized spacial score (nSPS) is 21.8. The van der Waals surface area contributed by atoms with Crippen molar-refractivity contribution in [1.29, 1.82) is 0 Å². The molecule has 1 heterocycles. The molecular weight excluding hydrogens is 258 g/mol. The quantitative estimate of drug-likeness (QED) is 0.825. The molecule has 0 amide bonds. The van der Waals surface area contributed by atoms with Gasteiger partial charge in [0.2, 0.25) is 0 Å². The molecule has 2 rings (SSSR count). The molecule has 1 aliphatic rings. The van der Waals surface area contributed by atoms with Gasteiger partial charge in [-0.2, -0.15) is 0 Å². The molecular formula is C15H21NO4. The number of carbonyl (C=O) groups excluding carboxylic acids is 1. The van der Waals surface area contributed by atoms with E-state index < -0.39 is 5.60 Å². The zero-order valence-corrected chi connectivity index (χ0v) is 12.0. The summed E-state index contributed by atoms with van der Waals surface area (Å²) in [7, 11) is 3.01. The third kappa shape index (κ3) is 2.78. The number of nitrogens with two attached hydrogens (primary N) is 1. The minimum atomic E-state index is -0.852. The van der Waals surface area contributed by atoms with Gasteiger partial charge in [0.1, 0.15) is 5.75 Å². The fourth-order valence-electron chi connectivity index (χ4n) is 2.69. The Morgan fingerprint density at radius 1 is 1.45 bits per heavy atom. The van der Waals surface area contributed by atoms with Crippen LogP contribution in [0.15, 0.2) is 18.2 Å². The van der Waals surface area contributed by atoms with Crippen LogP contribution in [-0.4, -0.2) is 32.4 Å². The highest BCUT2D eigenvalue weighted by molar-refractivity contribution is 5.80. The Morgan fingerprint density at radius 2 is 2.25 bits per heavy atom. The first-order chi connectivity index (χ1) is 9.65. The molecule has 1 aromatic rings. The molecule has 5 heteroatoms. The summed E-state index contributed by atoms with van der Waals surface area (Å²) < 4.78 is 15.8. The lowest BCUT2D eigenvalue weighted by molar-refractivity contribution is -0.163. The first-order valence-electron chi connectivity index (χ1n) is 6.73. The zero-order chi connectivity index (χ0) is 14.6. The van der Waals surface area contributed by atoms with E-state index in [1.54, 1.807) is 7.11 Å². The van der Waals surface area contributed by atoms with E-state index in [9.17, 15) is 4.79 Å². The number of hydrogen-bond donors (Lipinski definition) is 1. The van der Waals surface area contributed by atoms with Gasteiger partial charge in [0, 0.05) is 25.1 Å². The van der Waals surface area contributed by atoms with Crippen LogP contribution in [0.4, 0.5) is 0 Å². The second-order valence-corrected chi connectivity index (χ2v) is 4.96. The first-order valence-corrected chi connectivity index (χ1v) is 6.73. The van der Waals surface area contributed by atoms with Gasteiger partial charge < -0.3 is 19.9 Å². The summed E-state index contributed by atoms with van der Waals surface area (Å²) in [5.41, 5.74) is 6.79. The lowest BCUT2D eigenvalue weighted by Crippen LogP contribution is -2.41. The van der Waals surface area contributed by atoms with Crippen molar-refractivity contribution < 1.29 is 19.0 Å². The maximum absolute atomic E-state index is 12.0. The molecule has 2 N–H and O–H groups in total. The van der Waals surface area contributed by atoms with Crippen LogP contribution >= 0.6 is 0 Å². The predicted octanol–water partition coefficient (Wildman–Crippen LogP) is 1.42. The van der Waals surface area contributed by atoms with Gasteiger partial charge in [-0.25, -0.2) is 4.79 Å². The second kappa shape index (κ2) is 6.24. The van der Waals surface area contributed by atoms with Crippen LogP contribution in [0.5, 0.6) is 5.75 Å². The Labute approximate surface area is 119 Å². The number of carbonyl (C=O) groups is 1. The van der Waals surface area contributed by atoms with Crippen molar-refractivity contribution in [2.45, 2.75) is 31.4 Å². The van der Waals surface area contributed by atoms with Crippen LogP contribution in [0.25, 0.3) is 0 Å². The lowest BCUT2D eigenvalue weighted by Gasteiger charge is -2.25. The van der Waals surface area contributed by atoms with Crippen LogP contribution in [-0.2, 0) is 27.2 Å². The summed E-state index contributed by atoms with van der Waals surface area (Å²) >= 11 is 0. The summed E-state index contributed by atoms with van der Waals surface area (Å²) in [5.74, 6) is 0.454. The van der Waals surface area contributed by atoms with Gasteiger partial charge in [-0.05, 0) is 24.5 Å².